The molecule has 6 heteroatoms. The molecule has 2 aromatic rings. The van der Waals surface area contributed by atoms with E-state index in [1.165, 1.54) is 0 Å². The predicted molar refractivity (Wildman–Crippen MR) is 81.3 cm³/mol. The molecule has 0 radical (unpaired) electrons. The zero-order valence-electron chi connectivity index (χ0n) is 11.6. The van der Waals surface area contributed by atoms with E-state index in [0.29, 0.717) is 23.7 Å². The minimum Gasteiger partial charge on any atom is -0.482 e. The number of pyridine rings is 1. The largest absolute Gasteiger partial charge is 0.482 e. The van der Waals surface area contributed by atoms with Gasteiger partial charge < -0.3 is 21.1 Å². The average Bonchev–Trinajstić information content (AvgIpc) is 2.45. The Morgan fingerprint density at radius 3 is 3.10 bits per heavy atom. The summed E-state index contributed by atoms with van der Waals surface area (Å²) < 4.78 is 5.32. The first-order valence-electron chi connectivity index (χ1n) is 6.64. The summed E-state index contributed by atoms with van der Waals surface area (Å²) in [5, 5.41) is 5.99. The van der Waals surface area contributed by atoms with Crippen molar-refractivity contribution in [3.63, 3.8) is 0 Å². The summed E-state index contributed by atoms with van der Waals surface area (Å²) in [6.07, 6.45) is 0. The summed E-state index contributed by atoms with van der Waals surface area (Å²) in [6, 6.07) is 9.34. The number of aryl methyl sites for hydroxylation is 1. The second kappa shape index (κ2) is 5.32. The van der Waals surface area contributed by atoms with Crippen LogP contribution in [0, 0.1) is 6.92 Å². The highest BCUT2D eigenvalue weighted by Gasteiger charge is 2.17. The molecule has 108 valence electrons. The second-order valence-corrected chi connectivity index (χ2v) is 4.90. The Labute approximate surface area is 122 Å². The van der Waals surface area contributed by atoms with Gasteiger partial charge in [-0.25, -0.2) is 0 Å². The molecule has 0 saturated carbocycles. The Morgan fingerprint density at radius 2 is 2.29 bits per heavy atom. The molecule has 0 atom stereocenters. The van der Waals surface area contributed by atoms with Gasteiger partial charge in [0.05, 0.1) is 29.3 Å². The molecule has 3 rings (SSSR count). The van der Waals surface area contributed by atoms with Gasteiger partial charge in [0.1, 0.15) is 5.75 Å². The zero-order chi connectivity index (χ0) is 14.8. The maximum atomic E-state index is 11.3. The number of fused-ring (bicyclic) bond motifs is 1. The molecule has 0 unspecified atom stereocenters. The van der Waals surface area contributed by atoms with E-state index in [-0.39, 0.29) is 12.5 Å². The number of nitrogens with zero attached hydrogens (tertiary/aromatic N) is 1. The minimum absolute atomic E-state index is 0.0203. The Morgan fingerprint density at radius 1 is 1.43 bits per heavy atom. The highest BCUT2D eigenvalue weighted by molar-refractivity contribution is 5.97. The fraction of sp³-hybridized carbons (Fsp3) is 0.200. The van der Waals surface area contributed by atoms with Gasteiger partial charge in [-0.1, -0.05) is 6.07 Å². The molecule has 0 spiro atoms. The van der Waals surface area contributed by atoms with Gasteiger partial charge in [0.15, 0.2) is 6.61 Å². The first-order chi connectivity index (χ1) is 10.1. The lowest BCUT2D eigenvalue weighted by molar-refractivity contribution is -0.118. The number of ether oxygens (including phenoxy) is 1. The molecule has 1 aliphatic heterocycles. The number of hydrogen-bond donors (Lipinski definition) is 3. The molecule has 1 aliphatic rings. The van der Waals surface area contributed by atoms with E-state index in [0.717, 1.165) is 17.1 Å². The van der Waals surface area contributed by atoms with Crippen molar-refractivity contribution in [3.8, 4) is 5.75 Å². The summed E-state index contributed by atoms with van der Waals surface area (Å²) in [5.41, 5.74) is 9.82. The number of nitrogens with two attached hydrogens (primary N) is 1. The van der Waals surface area contributed by atoms with Gasteiger partial charge >= 0.3 is 0 Å². The van der Waals surface area contributed by atoms with Crippen LogP contribution in [0.4, 0.5) is 17.1 Å². The quantitative estimate of drug-likeness (QED) is 0.749. The SMILES string of the molecule is Cc1cccc(CNc2cc3c(cc2N)OCC(=O)N3)n1. The molecule has 2 heterocycles. The first kappa shape index (κ1) is 13.2. The number of anilines is 3. The minimum atomic E-state index is -0.168. The Bertz CT molecular complexity index is 700. The van der Waals surface area contributed by atoms with Crippen molar-refractivity contribution in [2.75, 3.05) is 23.0 Å². The third kappa shape index (κ3) is 2.89. The maximum Gasteiger partial charge on any atom is 0.262 e. The fourth-order valence-electron chi connectivity index (χ4n) is 2.18. The van der Waals surface area contributed by atoms with Crippen molar-refractivity contribution < 1.29 is 9.53 Å². The summed E-state index contributed by atoms with van der Waals surface area (Å²) in [7, 11) is 0. The van der Waals surface area contributed by atoms with E-state index in [2.05, 4.69) is 15.6 Å². The number of aromatic nitrogens is 1. The van der Waals surface area contributed by atoms with E-state index in [1.807, 2.05) is 25.1 Å². The second-order valence-electron chi connectivity index (χ2n) is 4.90. The van der Waals surface area contributed by atoms with Gasteiger partial charge in [-0.2, -0.15) is 0 Å². The fourth-order valence-corrected chi connectivity index (χ4v) is 2.18. The van der Waals surface area contributed by atoms with Crippen LogP contribution in [0.15, 0.2) is 30.3 Å². The topological polar surface area (TPSA) is 89.3 Å². The Kier molecular flexibility index (Phi) is 3.35. The number of benzene rings is 1. The highest BCUT2D eigenvalue weighted by atomic mass is 16.5. The number of amides is 1. The van der Waals surface area contributed by atoms with Crippen LogP contribution in [0.1, 0.15) is 11.4 Å². The molecular formula is C15H16N4O2. The molecule has 4 N–H and O–H groups in total. The van der Waals surface area contributed by atoms with Crippen LogP contribution in [-0.2, 0) is 11.3 Å². The van der Waals surface area contributed by atoms with Crippen LogP contribution in [0.25, 0.3) is 0 Å². The lowest BCUT2D eigenvalue weighted by Crippen LogP contribution is -2.25. The van der Waals surface area contributed by atoms with E-state index in [9.17, 15) is 4.79 Å². The van der Waals surface area contributed by atoms with E-state index in [4.69, 9.17) is 10.5 Å². The molecule has 1 amide bonds. The molecule has 21 heavy (non-hydrogen) atoms. The van der Waals surface area contributed by atoms with Crippen molar-refractivity contribution in [2.45, 2.75) is 13.5 Å². The van der Waals surface area contributed by atoms with Crippen molar-refractivity contribution in [3.05, 3.63) is 41.7 Å². The summed E-state index contributed by atoms with van der Waals surface area (Å²) in [6.45, 7) is 2.52. The van der Waals surface area contributed by atoms with Crippen molar-refractivity contribution in [1.82, 2.24) is 4.98 Å². The standard InChI is InChI=1S/C15H16N4O2/c1-9-3-2-4-10(18-9)7-17-12-6-13-14(5-11(12)16)21-8-15(20)19-13/h2-6,17H,7-8,16H2,1H3,(H,19,20). The summed E-state index contributed by atoms with van der Waals surface area (Å²) >= 11 is 0. The van der Waals surface area contributed by atoms with Crippen LogP contribution in [0.2, 0.25) is 0 Å². The normalized spacial score (nSPS) is 13.1. The molecule has 6 nitrogen and oxygen atoms in total. The molecule has 0 fully saturated rings. The number of nitrogen functional groups attached to an aromatic ring is 1. The zero-order valence-corrected chi connectivity index (χ0v) is 11.6. The average molecular weight is 284 g/mol. The Balaban J connectivity index is 1.79. The third-order valence-electron chi connectivity index (χ3n) is 3.19. The van der Waals surface area contributed by atoms with Crippen LogP contribution >= 0.6 is 0 Å². The number of carbonyl (C=O) groups is 1. The molecule has 1 aromatic carbocycles. The smallest absolute Gasteiger partial charge is 0.262 e. The lowest BCUT2D eigenvalue weighted by atomic mass is 10.2. The van der Waals surface area contributed by atoms with Gasteiger partial charge in [0, 0.05) is 11.8 Å². The maximum absolute atomic E-state index is 11.3. The third-order valence-corrected chi connectivity index (χ3v) is 3.19. The number of nitrogens with one attached hydrogen (secondary N) is 2. The lowest BCUT2D eigenvalue weighted by Gasteiger charge is -2.20. The van der Waals surface area contributed by atoms with E-state index < -0.39 is 0 Å². The van der Waals surface area contributed by atoms with Crippen molar-refractivity contribution >= 4 is 23.0 Å². The van der Waals surface area contributed by atoms with Crippen LogP contribution in [0.3, 0.4) is 0 Å². The number of hydrogen-bond acceptors (Lipinski definition) is 5. The van der Waals surface area contributed by atoms with Gasteiger partial charge in [0.2, 0.25) is 0 Å². The van der Waals surface area contributed by atoms with Gasteiger partial charge in [-0.15, -0.1) is 0 Å². The highest BCUT2D eigenvalue weighted by Crippen LogP contribution is 2.35. The van der Waals surface area contributed by atoms with Gasteiger partial charge in [0.25, 0.3) is 5.91 Å². The molecule has 0 bridgehead atoms. The number of rotatable bonds is 3. The monoisotopic (exact) mass is 284 g/mol. The Hall–Kier alpha value is -2.76. The van der Waals surface area contributed by atoms with Gasteiger partial charge in [-0.05, 0) is 25.1 Å². The van der Waals surface area contributed by atoms with E-state index in [1.54, 1.807) is 12.1 Å². The van der Waals surface area contributed by atoms with Crippen LogP contribution in [0.5, 0.6) is 5.75 Å². The predicted octanol–water partition coefficient (Wildman–Crippen LogP) is 1.92. The van der Waals surface area contributed by atoms with Crippen LogP contribution in [-0.4, -0.2) is 17.5 Å². The summed E-state index contributed by atoms with van der Waals surface area (Å²) in [4.78, 5) is 15.8. The molecule has 0 saturated heterocycles. The summed E-state index contributed by atoms with van der Waals surface area (Å²) in [5.74, 6) is 0.421. The first-order valence-corrected chi connectivity index (χ1v) is 6.64. The molecular weight excluding hydrogens is 268 g/mol. The van der Waals surface area contributed by atoms with Gasteiger partial charge in [-0.3, -0.25) is 9.78 Å². The van der Waals surface area contributed by atoms with Crippen molar-refractivity contribution in [2.24, 2.45) is 0 Å². The van der Waals surface area contributed by atoms with Crippen LogP contribution < -0.4 is 21.1 Å². The number of carbonyl (C=O) groups excluding carboxylic acids is 1. The van der Waals surface area contributed by atoms with E-state index >= 15 is 0 Å². The molecule has 1 aromatic heterocycles. The molecule has 0 aliphatic carbocycles. The van der Waals surface area contributed by atoms with Crippen molar-refractivity contribution in [1.29, 1.82) is 0 Å².